The molecule has 1 fully saturated rings. The van der Waals surface area contributed by atoms with E-state index in [0.29, 0.717) is 5.25 Å². The molecule has 0 aromatic carbocycles. The lowest BCUT2D eigenvalue weighted by Gasteiger charge is -2.23. The Morgan fingerprint density at radius 2 is 2.20 bits per heavy atom. The summed E-state index contributed by atoms with van der Waals surface area (Å²) in [6.07, 6.45) is 7.60. The molecular weight excluding hydrogens is 416 g/mol. The molecule has 0 radical (unpaired) electrons. The van der Waals surface area contributed by atoms with Crippen LogP contribution < -0.4 is 0 Å². The lowest BCUT2D eigenvalue weighted by atomic mass is 10.0. The molecule has 1 aliphatic carbocycles. The monoisotopic (exact) mass is 432 g/mol. The first-order valence-corrected chi connectivity index (χ1v) is 11.6. The maximum Gasteiger partial charge on any atom is 0.178 e. The second-order valence-electron chi connectivity index (χ2n) is 7.69. The number of H-pyrrole nitrogens is 1. The number of aryl methyl sites for hydroxylation is 1. The highest BCUT2D eigenvalue weighted by Crippen LogP contribution is 2.46. The number of aromatic nitrogens is 8. The Kier molecular flexibility index (Phi) is 3.37. The highest BCUT2D eigenvalue weighted by molar-refractivity contribution is 8.02. The van der Waals surface area contributed by atoms with Crippen LogP contribution >= 0.6 is 23.1 Å². The Hall–Kier alpha value is -2.98. The summed E-state index contributed by atoms with van der Waals surface area (Å²) in [6, 6.07) is 6.19. The van der Waals surface area contributed by atoms with Crippen molar-refractivity contribution in [1.29, 1.82) is 0 Å². The Bertz CT molecular complexity index is 1580. The molecule has 7 rings (SSSR count). The van der Waals surface area contributed by atoms with Crippen LogP contribution in [0, 0.1) is 0 Å². The molecule has 6 aromatic heterocycles. The van der Waals surface area contributed by atoms with E-state index in [2.05, 4.69) is 31.6 Å². The Labute approximate surface area is 178 Å². The molecule has 0 bridgehead atoms. The van der Waals surface area contributed by atoms with Crippen LogP contribution in [-0.2, 0) is 7.05 Å². The van der Waals surface area contributed by atoms with Crippen molar-refractivity contribution in [1.82, 2.24) is 39.8 Å². The van der Waals surface area contributed by atoms with Gasteiger partial charge in [-0.15, -0.1) is 28.2 Å². The highest BCUT2D eigenvalue weighted by atomic mass is 32.2. The summed E-state index contributed by atoms with van der Waals surface area (Å²) >= 11 is 3.74. The van der Waals surface area contributed by atoms with Gasteiger partial charge in [-0.2, -0.15) is 9.73 Å². The lowest BCUT2D eigenvalue weighted by Crippen LogP contribution is -2.12. The number of nitrogens with zero attached hydrogens (tertiary/aromatic N) is 7. The van der Waals surface area contributed by atoms with Crippen molar-refractivity contribution in [3.63, 3.8) is 0 Å². The molecule has 1 N–H and O–H groups in total. The zero-order valence-electron chi connectivity index (χ0n) is 16.0. The highest BCUT2D eigenvalue weighted by Gasteiger charge is 2.24. The molecule has 1 saturated carbocycles. The van der Waals surface area contributed by atoms with Gasteiger partial charge < -0.3 is 0 Å². The zero-order chi connectivity index (χ0) is 19.8. The van der Waals surface area contributed by atoms with Gasteiger partial charge in [0.05, 0.1) is 27.1 Å². The molecule has 0 spiro atoms. The van der Waals surface area contributed by atoms with E-state index in [9.17, 15) is 0 Å². The second kappa shape index (κ2) is 6.02. The number of rotatable bonds is 3. The third-order valence-corrected chi connectivity index (χ3v) is 8.47. The van der Waals surface area contributed by atoms with Crippen LogP contribution in [0.15, 0.2) is 34.8 Å². The standard InChI is InChI=1S/C20H16N8S2/c1-27-18-14(24-26-27)7-10(9-21-18)13-8-12-15-5-6-22-28(15)25-17-16(12)19(23-13)30-20(17)29-11-3-2-4-11/h5-9,11,25H,2-4H2,1H3. The fourth-order valence-corrected chi connectivity index (χ4v) is 6.88. The van der Waals surface area contributed by atoms with Crippen LogP contribution in [-0.4, -0.2) is 45.0 Å². The first kappa shape index (κ1) is 16.8. The number of aromatic amines is 1. The number of thioether (sulfide) groups is 1. The molecule has 0 unspecified atom stereocenters. The molecular formula is C20H16N8S2. The Balaban J connectivity index is 1.50. The van der Waals surface area contributed by atoms with Gasteiger partial charge in [-0.1, -0.05) is 11.6 Å². The van der Waals surface area contributed by atoms with E-state index in [1.165, 1.54) is 28.9 Å². The van der Waals surface area contributed by atoms with E-state index in [4.69, 9.17) is 4.98 Å². The van der Waals surface area contributed by atoms with Gasteiger partial charge in [-0.3, -0.25) is 5.10 Å². The zero-order valence-corrected chi connectivity index (χ0v) is 17.7. The molecule has 10 heteroatoms. The second-order valence-corrected chi connectivity index (χ2v) is 10.3. The van der Waals surface area contributed by atoms with Crippen molar-refractivity contribution in [2.24, 2.45) is 7.05 Å². The summed E-state index contributed by atoms with van der Waals surface area (Å²) < 4.78 is 4.84. The van der Waals surface area contributed by atoms with Gasteiger partial charge in [0.1, 0.15) is 10.3 Å². The van der Waals surface area contributed by atoms with Crippen LogP contribution in [0.25, 0.3) is 49.1 Å². The van der Waals surface area contributed by atoms with Crippen molar-refractivity contribution in [2.45, 2.75) is 28.7 Å². The van der Waals surface area contributed by atoms with Crippen molar-refractivity contribution in [3.05, 3.63) is 30.6 Å². The summed E-state index contributed by atoms with van der Waals surface area (Å²) in [5.41, 5.74) is 5.54. The average Bonchev–Trinajstić information content (AvgIpc) is 3.43. The van der Waals surface area contributed by atoms with E-state index in [1.807, 2.05) is 48.0 Å². The third-order valence-electron chi connectivity index (χ3n) is 5.83. The van der Waals surface area contributed by atoms with Gasteiger partial charge in [-0.25, -0.2) is 14.6 Å². The van der Waals surface area contributed by atoms with Crippen LogP contribution in [0.3, 0.4) is 0 Å². The summed E-state index contributed by atoms with van der Waals surface area (Å²) in [7, 11) is 1.85. The average molecular weight is 433 g/mol. The van der Waals surface area contributed by atoms with E-state index < -0.39 is 0 Å². The van der Waals surface area contributed by atoms with Crippen LogP contribution in [0.5, 0.6) is 0 Å². The molecule has 1 aliphatic rings. The number of nitrogens with one attached hydrogen (secondary N) is 1. The van der Waals surface area contributed by atoms with E-state index in [0.717, 1.165) is 43.7 Å². The van der Waals surface area contributed by atoms with Gasteiger partial charge in [0, 0.05) is 34.8 Å². The minimum absolute atomic E-state index is 0.710. The minimum atomic E-state index is 0.710. The third kappa shape index (κ3) is 2.31. The predicted octanol–water partition coefficient (Wildman–Crippen LogP) is 4.41. The molecule has 0 atom stereocenters. The topological polar surface area (TPSA) is 89.6 Å². The number of fused-ring (bicyclic) bond motifs is 3. The quantitative estimate of drug-likeness (QED) is 0.445. The van der Waals surface area contributed by atoms with Crippen LogP contribution in [0.1, 0.15) is 19.3 Å². The van der Waals surface area contributed by atoms with Gasteiger partial charge >= 0.3 is 0 Å². The molecule has 0 aliphatic heterocycles. The van der Waals surface area contributed by atoms with Crippen molar-refractivity contribution in [2.75, 3.05) is 0 Å². The Morgan fingerprint density at radius 1 is 1.27 bits per heavy atom. The largest absolute Gasteiger partial charge is 0.275 e. The van der Waals surface area contributed by atoms with Gasteiger partial charge in [-0.05, 0) is 31.0 Å². The number of hydrogen-bond acceptors (Lipinski definition) is 7. The summed E-state index contributed by atoms with van der Waals surface area (Å²) in [6.45, 7) is 0. The minimum Gasteiger partial charge on any atom is -0.275 e. The Morgan fingerprint density at radius 3 is 3.07 bits per heavy atom. The first-order chi connectivity index (χ1) is 14.7. The first-order valence-electron chi connectivity index (χ1n) is 9.86. The fraction of sp³-hybridized carbons (Fsp3) is 0.250. The lowest BCUT2D eigenvalue weighted by molar-refractivity contribution is 0.522. The van der Waals surface area contributed by atoms with E-state index in [-0.39, 0.29) is 0 Å². The molecule has 0 amide bonds. The SMILES string of the molecule is Cn1nnc2cc(-c3cc4c5c(n3)sc(SC3CCC3)c5[nH]n3nccc43)cnc21. The molecule has 30 heavy (non-hydrogen) atoms. The number of thiophene rings is 1. The maximum absolute atomic E-state index is 5.03. The smallest absolute Gasteiger partial charge is 0.178 e. The van der Waals surface area contributed by atoms with E-state index in [1.54, 1.807) is 16.0 Å². The predicted molar refractivity (Wildman–Crippen MR) is 119 cm³/mol. The fourth-order valence-electron chi connectivity index (χ4n) is 4.02. The maximum atomic E-state index is 5.03. The van der Waals surface area contributed by atoms with Crippen LogP contribution in [0.4, 0.5) is 0 Å². The molecule has 6 heterocycles. The molecule has 148 valence electrons. The normalized spacial score (nSPS) is 15.1. The molecule has 8 nitrogen and oxygen atoms in total. The summed E-state index contributed by atoms with van der Waals surface area (Å²) in [5.74, 6) is 0. The molecule has 6 aromatic rings. The number of hydrogen-bond donors (Lipinski definition) is 1. The van der Waals surface area contributed by atoms with Crippen molar-refractivity contribution < 1.29 is 0 Å². The molecule has 0 saturated heterocycles. The van der Waals surface area contributed by atoms with Crippen molar-refractivity contribution in [3.8, 4) is 11.3 Å². The van der Waals surface area contributed by atoms with Gasteiger partial charge in [0.25, 0.3) is 0 Å². The van der Waals surface area contributed by atoms with Gasteiger partial charge in [0.15, 0.2) is 5.65 Å². The van der Waals surface area contributed by atoms with Gasteiger partial charge in [0.2, 0.25) is 0 Å². The van der Waals surface area contributed by atoms with Crippen LogP contribution in [0.2, 0.25) is 0 Å². The van der Waals surface area contributed by atoms with Crippen molar-refractivity contribution >= 4 is 60.9 Å². The summed E-state index contributed by atoms with van der Waals surface area (Å²) in [5, 5.41) is 19.3. The summed E-state index contributed by atoms with van der Waals surface area (Å²) in [4.78, 5) is 10.6. The van der Waals surface area contributed by atoms with E-state index >= 15 is 0 Å². The number of pyridine rings is 2.